The van der Waals surface area contributed by atoms with E-state index < -0.39 is 11.7 Å². The van der Waals surface area contributed by atoms with Crippen LogP contribution in [0.3, 0.4) is 0 Å². The second-order valence-corrected chi connectivity index (χ2v) is 4.96. The number of aryl methyl sites for hydroxylation is 1. The van der Waals surface area contributed by atoms with Crippen LogP contribution < -0.4 is 5.32 Å². The van der Waals surface area contributed by atoms with Gasteiger partial charge in [-0.05, 0) is 43.7 Å². The Labute approximate surface area is 111 Å². The summed E-state index contributed by atoms with van der Waals surface area (Å²) in [4.78, 5) is 0. The zero-order valence-electron chi connectivity index (χ0n) is 11.1. The lowest BCUT2D eigenvalue weighted by atomic mass is 9.89. The summed E-state index contributed by atoms with van der Waals surface area (Å²) in [7, 11) is 1.83. The van der Waals surface area contributed by atoms with Gasteiger partial charge in [0.1, 0.15) is 0 Å². The minimum absolute atomic E-state index is 0.0461. The zero-order valence-corrected chi connectivity index (χ0v) is 11.1. The van der Waals surface area contributed by atoms with E-state index in [0.717, 1.165) is 24.7 Å². The Morgan fingerprint density at radius 1 is 1.37 bits per heavy atom. The highest BCUT2D eigenvalue weighted by Gasteiger charge is 2.32. The van der Waals surface area contributed by atoms with Crippen LogP contribution in [0.1, 0.15) is 29.2 Å². The van der Waals surface area contributed by atoms with Gasteiger partial charge in [-0.2, -0.15) is 13.2 Å². The van der Waals surface area contributed by atoms with E-state index in [2.05, 4.69) is 5.32 Å². The highest BCUT2D eigenvalue weighted by atomic mass is 19.4. The van der Waals surface area contributed by atoms with Crippen molar-refractivity contribution in [2.24, 2.45) is 5.92 Å². The lowest BCUT2D eigenvalue weighted by Crippen LogP contribution is -2.26. The number of hydrogen-bond donors (Lipinski definition) is 1. The summed E-state index contributed by atoms with van der Waals surface area (Å²) in [6.45, 7) is 3.11. The molecule has 5 heteroatoms. The van der Waals surface area contributed by atoms with Crippen molar-refractivity contribution in [1.82, 2.24) is 5.32 Å². The van der Waals surface area contributed by atoms with Crippen LogP contribution in [-0.2, 0) is 10.9 Å². The predicted molar refractivity (Wildman–Crippen MR) is 66.9 cm³/mol. The lowest BCUT2D eigenvalue weighted by molar-refractivity contribution is -0.137. The molecule has 1 aliphatic heterocycles. The van der Waals surface area contributed by atoms with Crippen LogP contribution in [0.15, 0.2) is 18.2 Å². The van der Waals surface area contributed by atoms with Gasteiger partial charge in [0.25, 0.3) is 0 Å². The number of alkyl halides is 3. The molecule has 0 aromatic heterocycles. The summed E-state index contributed by atoms with van der Waals surface area (Å²) in [6.07, 6.45) is -3.35. The summed E-state index contributed by atoms with van der Waals surface area (Å²) < 4.78 is 43.3. The molecule has 0 amide bonds. The van der Waals surface area contributed by atoms with E-state index in [1.807, 2.05) is 7.05 Å². The zero-order chi connectivity index (χ0) is 14.0. The fourth-order valence-corrected chi connectivity index (χ4v) is 2.66. The van der Waals surface area contributed by atoms with E-state index in [1.165, 1.54) is 6.07 Å². The van der Waals surface area contributed by atoms with Gasteiger partial charge in [-0.3, -0.25) is 0 Å². The van der Waals surface area contributed by atoms with Crippen LogP contribution >= 0.6 is 0 Å². The maximum atomic E-state index is 12.6. The van der Waals surface area contributed by atoms with Crippen LogP contribution in [0.5, 0.6) is 0 Å². The molecule has 1 fully saturated rings. The second-order valence-electron chi connectivity index (χ2n) is 4.96. The molecule has 0 saturated carbocycles. The van der Waals surface area contributed by atoms with Gasteiger partial charge in [0.2, 0.25) is 0 Å². The molecule has 1 heterocycles. The molecule has 2 atom stereocenters. The van der Waals surface area contributed by atoms with E-state index in [0.29, 0.717) is 18.1 Å². The van der Waals surface area contributed by atoms with Crippen LogP contribution in [0.2, 0.25) is 0 Å². The third kappa shape index (κ3) is 3.09. The number of halogens is 3. The van der Waals surface area contributed by atoms with Crippen LogP contribution in [0, 0.1) is 12.8 Å². The molecule has 2 rings (SSSR count). The van der Waals surface area contributed by atoms with Gasteiger partial charge >= 0.3 is 6.18 Å². The first kappa shape index (κ1) is 14.3. The SMILES string of the molecule is CNC(c1ccc(C(F)(F)F)cc1C)C1CCOC1. The Hall–Kier alpha value is -1.07. The number of rotatable bonds is 3. The summed E-state index contributed by atoms with van der Waals surface area (Å²) in [6, 6.07) is 4.00. The molecule has 0 spiro atoms. The van der Waals surface area contributed by atoms with E-state index in [1.54, 1.807) is 13.0 Å². The Kier molecular flexibility index (Phi) is 4.16. The number of hydrogen-bond acceptors (Lipinski definition) is 2. The lowest BCUT2D eigenvalue weighted by Gasteiger charge is -2.24. The molecule has 1 N–H and O–H groups in total. The van der Waals surface area contributed by atoms with Gasteiger partial charge in [-0.25, -0.2) is 0 Å². The van der Waals surface area contributed by atoms with Crippen molar-refractivity contribution in [3.8, 4) is 0 Å². The normalized spacial score (nSPS) is 21.6. The van der Waals surface area contributed by atoms with Crippen molar-refractivity contribution in [3.63, 3.8) is 0 Å². The van der Waals surface area contributed by atoms with Crippen LogP contribution in [-0.4, -0.2) is 20.3 Å². The monoisotopic (exact) mass is 273 g/mol. The molecule has 1 aromatic rings. The molecule has 1 aliphatic rings. The van der Waals surface area contributed by atoms with E-state index >= 15 is 0 Å². The van der Waals surface area contributed by atoms with Crippen molar-refractivity contribution >= 4 is 0 Å². The Morgan fingerprint density at radius 2 is 2.11 bits per heavy atom. The largest absolute Gasteiger partial charge is 0.416 e. The maximum Gasteiger partial charge on any atom is 0.416 e. The molecule has 1 saturated heterocycles. The topological polar surface area (TPSA) is 21.3 Å². The van der Waals surface area contributed by atoms with Crippen molar-refractivity contribution < 1.29 is 17.9 Å². The Bertz CT molecular complexity index is 439. The highest BCUT2D eigenvalue weighted by Crippen LogP contribution is 2.34. The molecule has 2 unspecified atom stereocenters. The highest BCUT2D eigenvalue weighted by molar-refractivity contribution is 5.35. The maximum absolute atomic E-state index is 12.6. The third-order valence-electron chi connectivity index (χ3n) is 3.68. The summed E-state index contributed by atoms with van der Waals surface area (Å²) in [5.74, 6) is 0.320. The van der Waals surface area contributed by atoms with Crippen molar-refractivity contribution in [3.05, 3.63) is 34.9 Å². The fourth-order valence-electron chi connectivity index (χ4n) is 2.66. The van der Waals surface area contributed by atoms with Gasteiger partial charge in [0.05, 0.1) is 12.2 Å². The summed E-state index contributed by atoms with van der Waals surface area (Å²) in [5.41, 5.74) is 0.998. The van der Waals surface area contributed by atoms with E-state index in [-0.39, 0.29) is 6.04 Å². The first-order chi connectivity index (χ1) is 8.93. The summed E-state index contributed by atoms with van der Waals surface area (Å²) in [5, 5.41) is 3.20. The average Bonchev–Trinajstić information content (AvgIpc) is 2.84. The van der Waals surface area contributed by atoms with Gasteiger partial charge < -0.3 is 10.1 Å². The quantitative estimate of drug-likeness (QED) is 0.912. The Morgan fingerprint density at radius 3 is 2.58 bits per heavy atom. The molecule has 2 nitrogen and oxygen atoms in total. The molecule has 1 aromatic carbocycles. The Balaban J connectivity index is 2.28. The van der Waals surface area contributed by atoms with Gasteiger partial charge in [-0.1, -0.05) is 6.07 Å². The van der Waals surface area contributed by atoms with Crippen molar-refractivity contribution in [2.45, 2.75) is 25.6 Å². The average molecular weight is 273 g/mol. The van der Waals surface area contributed by atoms with Gasteiger partial charge in [0.15, 0.2) is 0 Å². The minimum Gasteiger partial charge on any atom is -0.381 e. The molecule has 0 aliphatic carbocycles. The first-order valence-corrected chi connectivity index (χ1v) is 6.36. The number of benzene rings is 1. The number of nitrogens with one attached hydrogen (secondary N) is 1. The van der Waals surface area contributed by atoms with Crippen molar-refractivity contribution in [1.29, 1.82) is 0 Å². The van der Waals surface area contributed by atoms with Gasteiger partial charge in [0, 0.05) is 18.6 Å². The van der Waals surface area contributed by atoms with E-state index in [9.17, 15) is 13.2 Å². The minimum atomic E-state index is -4.28. The van der Waals surface area contributed by atoms with E-state index in [4.69, 9.17) is 4.74 Å². The first-order valence-electron chi connectivity index (χ1n) is 6.36. The smallest absolute Gasteiger partial charge is 0.381 e. The van der Waals surface area contributed by atoms with Crippen LogP contribution in [0.25, 0.3) is 0 Å². The molecule has 0 radical (unpaired) electrons. The number of ether oxygens (including phenoxy) is 1. The van der Waals surface area contributed by atoms with Crippen molar-refractivity contribution in [2.75, 3.05) is 20.3 Å². The van der Waals surface area contributed by atoms with Gasteiger partial charge in [-0.15, -0.1) is 0 Å². The van der Waals surface area contributed by atoms with Crippen LogP contribution in [0.4, 0.5) is 13.2 Å². The molecule has 106 valence electrons. The molecular weight excluding hydrogens is 255 g/mol. The standard InChI is InChI=1S/C14H18F3NO/c1-9-7-11(14(15,16)17)3-4-12(9)13(18-2)10-5-6-19-8-10/h3-4,7,10,13,18H,5-6,8H2,1-2H3. The molecule has 0 bridgehead atoms. The predicted octanol–water partition coefficient (Wildman–Crippen LogP) is 3.31. The second kappa shape index (κ2) is 5.51. The summed E-state index contributed by atoms with van der Waals surface area (Å²) >= 11 is 0. The molecular formula is C14H18F3NO. The third-order valence-corrected chi connectivity index (χ3v) is 3.68. The molecule has 19 heavy (non-hydrogen) atoms. The fraction of sp³-hybridized carbons (Fsp3) is 0.571.